The van der Waals surface area contributed by atoms with Crippen molar-refractivity contribution >= 4 is 5.97 Å². The zero-order valence-corrected chi connectivity index (χ0v) is 10.9. The van der Waals surface area contributed by atoms with Crippen LogP contribution in [-0.2, 0) is 19.4 Å². The summed E-state index contributed by atoms with van der Waals surface area (Å²) in [5.41, 5.74) is 2.79. The quantitative estimate of drug-likeness (QED) is 0.917. The number of fused-ring (bicyclic) bond motifs is 1. The monoisotopic (exact) mass is 270 g/mol. The average molecular weight is 270 g/mol. The van der Waals surface area contributed by atoms with Gasteiger partial charge in [0.05, 0.1) is 12.2 Å². The summed E-state index contributed by atoms with van der Waals surface area (Å²) in [6.45, 7) is 0.323. The van der Waals surface area contributed by atoms with Gasteiger partial charge in [0.2, 0.25) is 0 Å². The molecule has 2 aromatic rings. The first kappa shape index (κ1) is 12.6. The van der Waals surface area contributed by atoms with E-state index in [2.05, 4.69) is 4.98 Å². The highest BCUT2D eigenvalue weighted by Crippen LogP contribution is 2.20. The molecular weight excluding hydrogens is 256 g/mol. The lowest BCUT2D eigenvalue weighted by atomic mass is 10.2. The van der Waals surface area contributed by atoms with Gasteiger partial charge in [0.25, 0.3) is 5.56 Å². The lowest BCUT2D eigenvalue weighted by Crippen LogP contribution is -2.24. The number of aromatic carboxylic acids is 1. The molecule has 1 N–H and O–H groups in total. The van der Waals surface area contributed by atoms with Gasteiger partial charge >= 0.3 is 5.97 Å². The van der Waals surface area contributed by atoms with Crippen molar-refractivity contribution in [3.63, 3.8) is 0 Å². The average Bonchev–Trinajstić information content (AvgIpc) is 2.91. The number of aryl methyl sites for hydroxylation is 1. The van der Waals surface area contributed by atoms with Crippen LogP contribution in [0.3, 0.4) is 0 Å². The fourth-order valence-electron chi connectivity index (χ4n) is 2.66. The van der Waals surface area contributed by atoms with Crippen LogP contribution in [0.4, 0.5) is 0 Å². The number of nitrogens with zero attached hydrogens (tertiary/aromatic N) is 2. The predicted molar refractivity (Wildman–Crippen MR) is 73.0 cm³/mol. The largest absolute Gasteiger partial charge is 0.477 e. The summed E-state index contributed by atoms with van der Waals surface area (Å²) in [5, 5.41) is 8.95. The smallest absolute Gasteiger partial charge is 0.354 e. The van der Waals surface area contributed by atoms with Crippen LogP contribution in [0.25, 0.3) is 0 Å². The molecule has 102 valence electrons. The number of pyridine rings is 2. The summed E-state index contributed by atoms with van der Waals surface area (Å²) in [6.07, 6.45) is 2.95. The van der Waals surface area contributed by atoms with Crippen LogP contribution in [0, 0.1) is 0 Å². The molecule has 5 nitrogen and oxygen atoms in total. The van der Waals surface area contributed by atoms with Crippen molar-refractivity contribution in [2.24, 2.45) is 0 Å². The molecule has 2 aromatic heterocycles. The SMILES string of the molecule is O=C(O)c1cccc(Cn2c3c(ccc2=O)CCC3)n1. The van der Waals surface area contributed by atoms with Gasteiger partial charge in [0, 0.05) is 11.8 Å². The van der Waals surface area contributed by atoms with E-state index in [4.69, 9.17) is 5.11 Å². The van der Waals surface area contributed by atoms with E-state index in [0.29, 0.717) is 12.2 Å². The standard InChI is InChI=1S/C15H14N2O3/c18-14-8-7-10-3-1-6-13(10)17(14)9-11-4-2-5-12(16-11)15(19)20/h2,4-5,7-8H,1,3,6,9H2,(H,19,20). The molecule has 3 rings (SSSR count). The second-order valence-electron chi connectivity index (χ2n) is 4.90. The maximum Gasteiger partial charge on any atom is 0.354 e. The van der Waals surface area contributed by atoms with Crippen molar-refractivity contribution < 1.29 is 9.90 Å². The van der Waals surface area contributed by atoms with Crippen LogP contribution in [0.15, 0.2) is 35.1 Å². The van der Waals surface area contributed by atoms with Gasteiger partial charge in [-0.05, 0) is 37.0 Å². The summed E-state index contributed by atoms with van der Waals surface area (Å²) in [6, 6.07) is 8.31. The van der Waals surface area contributed by atoms with E-state index in [9.17, 15) is 9.59 Å². The van der Waals surface area contributed by atoms with Crippen LogP contribution in [0.2, 0.25) is 0 Å². The Morgan fingerprint density at radius 2 is 2.10 bits per heavy atom. The van der Waals surface area contributed by atoms with Crippen LogP contribution in [0.5, 0.6) is 0 Å². The molecule has 0 spiro atoms. The minimum absolute atomic E-state index is 0.00289. The third-order valence-corrected chi connectivity index (χ3v) is 3.60. The second-order valence-corrected chi connectivity index (χ2v) is 4.90. The Morgan fingerprint density at radius 1 is 1.25 bits per heavy atom. The Morgan fingerprint density at radius 3 is 2.90 bits per heavy atom. The maximum atomic E-state index is 12.0. The Balaban J connectivity index is 2.00. The van der Waals surface area contributed by atoms with E-state index < -0.39 is 5.97 Å². The third-order valence-electron chi connectivity index (χ3n) is 3.60. The van der Waals surface area contributed by atoms with Crippen LogP contribution in [0.1, 0.15) is 33.9 Å². The van der Waals surface area contributed by atoms with E-state index in [-0.39, 0.29) is 11.3 Å². The zero-order chi connectivity index (χ0) is 14.1. The van der Waals surface area contributed by atoms with Gasteiger partial charge in [-0.25, -0.2) is 9.78 Å². The Kier molecular flexibility index (Phi) is 3.10. The third kappa shape index (κ3) is 2.22. The number of carboxylic acids is 1. The van der Waals surface area contributed by atoms with Gasteiger partial charge in [-0.1, -0.05) is 12.1 Å². The molecule has 0 saturated carbocycles. The molecule has 0 atom stereocenters. The van der Waals surface area contributed by atoms with Gasteiger partial charge < -0.3 is 9.67 Å². The number of hydrogen-bond donors (Lipinski definition) is 1. The topological polar surface area (TPSA) is 72.2 Å². The number of rotatable bonds is 3. The highest BCUT2D eigenvalue weighted by Gasteiger charge is 2.16. The number of carbonyl (C=O) groups is 1. The minimum atomic E-state index is -1.06. The number of aromatic nitrogens is 2. The van der Waals surface area contributed by atoms with Gasteiger partial charge in [-0.15, -0.1) is 0 Å². The molecule has 0 radical (unpaired) electrons. The first-order valence-corrected chi connectivity index (χ1v) is 6.56. The van der Waals surface area contributed by atoms with E-state index in [1.54, 1.807) is 22.8 Å². The summed E-state index contributed by atoms with van der Waals surface area (Å²) in [5.74, 6) is -1.06. The van der Waals surface area contributed by atoms with Crippen molar-refractivity contribution in [3.8, 4) is 0 Å². The molecule has 0 amide bonds. The van der Waals surface area contributed by atoms with Crippen LogP contribution in [-0.4, -0.2) is 20.6 Å². The molecule has 2 heterocycles. The summed E-state index contributed by atoms with van der Waals surface area (Å²) >= 11 is 0. The van der Waals surface area contributed by atoms with E-state index in [1.165, 1.54) is 11.6 Å². The van der Waals surface area contributed by atoms with Gasteiger partial charge in [-0.3, -0.25) is 4.79 Å². The second kappa shape index (κ2) is 4.92. The highest BCUT2D eigenvalue weighted by atomic mass is 16.4. The molecule has 0 fully saturated rings. The minimum Gasteiger partial charge on any atom is -0.477 e. The molecule has 0 saturated heterocycles. The molecule has 0 bridgehead atoms. The zero-order valence-electron chi connectivity index (χ0n) is 10.9. The van der Waals surface area contributed by atoms with Crippen LogP contribution < -0.4 is 5.56 Å². The fourth-order valence-corrected chi connectivity index (χ4v) is 2.66. The summed E-state index contributed by atoms with van der Waals surface area (Å²) < 4.78 is 1.70. The normalized spacial score (nSPS) is 13.2. The first-order chi connectivity index (χ1) is 9.65. The Labute approximate surface area is 115 Å². The van der Waals surface area contributed by atoms with E-state index in [1.807, 2.05) is 6.07 Å². The Bertz CT molecular complexity index is 734. The van der Waals surface area contributed by atoms with Gasteiger partial charge in [0.1, 0.15) is 5.69 Å². The maximum absolute atomic E-state index is 12.0. The summed E-state index contributed by atoms with van der Waals surface area (Å²) in [4.78, 5) is 27.0. The fraction of sp³-hybridized carbons (Fsp3) is 0.267. The first-order valence-electron chi connectivity index (χ1n) is 6.56. The van der Waals surface area contributed by atoms with Crippen molar-refractivity contribution in [1.82, 2.24) is 9.55 Å². The molecule has 0 unspecified atom stereocenters. The van der Waals surface area contributed by atoms with Crippen LogP contribution >= 0.6 is 0 Å². The molecule has 0 aliphatic heterocycles. The van der Waals surface area contributed by atoms with E-state index >= 15 is 0 Å². The van der Waals surface area contributed by atoms with Gasteiger partial charge in [-0.2, -0.15) is 0 Å². The molecule has 0 aromatic carbocycles. The molecule has 20 heavy (non-hydrogen) atoms. The molecule has 1 aliphatic carbocycles. The molecular formula is C15H14N2O3. The van der Waals surface area contributed by atoms with Crippen molar-refractivity contribution in [2.45, 2.75) is 25.8 Å². The Hall–Kier alpha value is -2.43. The van der Waals surface area contributed by atoms with Gasteiger partial charge in [0.15, 0.2) is 0 Å². The lowest BCUT2D eigenvalue weighted by Gasteiger charge is -2.11. The lowest BCUT2D eigenvalue weighted by molar-refractivity contribution is 0.0690. The molecule has 5 heteroatoms. The van der Waals surface area contributed by atoms with Crippen molar-refractivity contribution in [2.75, 3.05) is 0 Å². The predicted octanol–water partition coefficient (Wildman–Crippen LogP) is 1.48. The summed E-state index contributed by atoms with van der Waals surface area (Å²) in [7, 11) is 0. The number of carboxylic acid groups (broad SMARTS) is 1. The van der Waals surface area contributed by atoms with E-state index in [0.717, 1.165) is 25.0 Å². The highest BCUT2D eigenvalue weighted by molar-refractivity contribution is 5.85. The van der Waals surface area contributed by atoms with Crippen molar-refractivity contribution in [1.29, 1.82) is 0 Å². The number of hydrogen-bond acceptors (Lipinski definition) is 3. The molecule has 1 aliphatic rings. The van der Waals surface area contributed by atoms with Crippen molar-refractivity contribution in [3.05, 3.63) is 63.3 Å².